The Morgan fingerprint density at radius 3 is 2.52 bits per heavy atom. The van der Waals surface area contributed by atoms with Crippen LogP contribution in [0.5, 0.6) is 5.75 Å². The first-order chi connectivity index (χ1) is 13.8. The van der Waals surface area contributed by atoms with Crippen LogP contribution in [0.4, 0.5) is 8.78 Å². The van der Waals surface area contributed by atoms with Crippen LogP contribution >= 0.6 is 7.52 Å². The molecule has 0 radical (unpaired) electrons. The van der Waals surface area contributed by atoms with E-state index in [4.69, 9.17) is 9.94 Å². The van der Waals surface area contributed by atoms with E-state index >= 15 is 0 Å². The lowest BCUT2D eigenvalue weighted by Gasteiger charge is -2.29. The Labute approximate surface area is 172 Å². The van der Waals surface area contributed by atoms with Crippen LogP contribution in [0.3, 0.4) is 0 Å². The Morgan fingerprint density at radius 1 is 1.21 bits per heavy atom. The summed E-state index contributed by atoms with van der Waals surface area (Å²) in [5.41, 5.74) is 0.416. The van der Waals surface area contributed by atoms with Gasteiger partial charge in [0.15, 0.2) is 11.6 Å². The van der Waals surface area contributed by atoms with Crippen molar-refractivity contribution in [3.05, 3.63) is 29.3 Å². The summed E-state index contributed by atoms with van der Waals surface area (Å²) in [5, 5.41) is 9.99. The van der Waals surface area contributed by atoms with Crippen LogP contribution in [0.2, 0.25) is 0 Å². The first-order valence-electron chi connectivity index (χ1n) is 10.6. The fourth-order valence-electron chi connectivity index (χ4n) is 4.17. The molecule has 1 fully saturated rings. The summed E-state index contributed by atoms with van der Waals surface area (Å²) in [7, 11) is -3.86. The van der Waals surface area contributed by atoms with Gasteiger partial charge in [0.25, 0.3) is 7.52 Å². The largest absolute Gasteiger partial charge is 0.490 e. The Balaban J connectivity index is 1.92. The van der Waals surface area contributed by atoms with E-state index < -0.39 is 25.1 Å². The number of hydrogen-bond donors (Lipinski definition) is 3. The number of unbranched alkanes of at least 4 members (excludes halogenated alkanes) is 2. The molecule has 5 nitrogen and oxygen atoms in total. The molecule has 29 heavy (non-hydrogen) atoms. The fourth-order valence-corrected chi connectivity index (χ4v) is 5.20. The third-order valence-corrected chi connectivity index (χ3v) is 7.25. The van der Waals surface area contributed by atoms with Gasteiger partial charge in [0, 0.05) is 12.1 Å². The van der Waals surface area contributed by atoms with Crippen LogP contribution in [-0.4, -0.2) is 22.9 Å². The predicted octanol–water partition coefficient (Wildman–Crippen LogP) is 6.00. The van der Waals surface area contributed by atoms with E-state index in [2.05, 4.69) is 6.92 Å². The highest BCUT2D eigenvalue weighted by Gasteiger charge is 2.27. The Hall–Kier alpha value is -1.01. The van der Waals surface area contributed by atoms with Gasteiger partial charge in [-0.2, -0.15) is 4.39 Å². The molecule has 0 aliphatic heterocycles. The zero-order valence-electron chi connectivity index (χ0n) is 17.4. The van der Waals surface area contributed by atoms with Crippen molar-refractivity contribution < 1.29 is 28.2 Å². The molecule has 1 saturated carbocycles. The molecule has 166 valence electrons. The van der Waals surface area contributed by atoms with E-state index in [1.54, 1.807) is 13.0 Å². The van der Waals surface area contributed by atoms with Crippen molar-refractivity contribution >= 4 is 7.52 Å². The molecule has 1 aliphatic carbocycles. The molecule has 0 spiro atoms. The van der Waals surface area contributed by atoms with Gasteiger partial charge in [0.05, 0.1) is 6.61 Å². The molecule has 2 rings (SSSR count). The van der Waals surface area contributed by atoms with Crippen LogP contribution in [-0.2, 0) is 4.57 Å². The highest BCUT2D eigenvalue weighted by molar-refractivity contribution is 7.55. The summed E-state index contributed by atoms with van der Waals surface area (Å²) < 4.78 is 45.9. The van der Waals surface area contributed by atoms with Gasteiger partial charge in [-0.05, 0) is 49.1 Å². The maximum atomic E-state index is 14.7. The van der Waals surface area contributed by atoms with Gasteiger partial charge in [-0.1, -0.05) is 45.6 Å². The molecule has 8 heteroatoms. The molecular formula is C21H34F2NO4P. The van der Waals surface area contributed by atoms with Crippen LogP contribution in [0.15, 0.2) is 12.1 Å². The topological polar surface area (TPSA) is 78.8 Å². The van der Waals surface area contributed by atoms with Crippen molar-refractivity contribution in [1.82, 2.24) is 5.25 Å². The number of hydrogen-bond acceptors (Lipinski definition) is 3. The minimum Gasteiger partial charge on any atom is -0.490 e. The zero-order valence-corrected chi connectivity index (χ0v) is 18.3. The molecule has 0 saturated heterocycles. The van der Waals surface area contributed by atoms with Gasteiger partial charge < -0.3 is 14.8 Å². The molecule has 1 unspecified atom stereocenters. The maximum Gasteiger partial charge on any atom is 0.289 e. The summed E-state index contributed by atoms with van der Waals surface area (Å²) in [6, 6.07) is 3.04. The molecule has 1 aliphatic rings. The fraction of sp³-hybridized carbons (Fsp3) is 0.714. The summed E-state index contributed by atoms with van der Waals surface area (Å²) in [6.07, 6.45) is 8.59. The average molecular weight is 433 g/mol. The van der Waals surface area contributed by atoms with Crippen molar-refractivity contribution in [3.8, 4) is 5.75 Å². The van der Waals surface area contributed by atoms with Gasteiger partial charge in [-0.3, -0.25) is 4.57 Å². The van der Waals surface area contributed by atoms with E-state index in [0.29, 0.717) is 11.5 Å². The molecule has 2 atom stereocenters. The third kappa shape index (κ3) is 7.32. The molecule has 0 heterocycles. The lowest BCUT2D eigenvalue weighted by atomic mass is 9.77. The summed E-state index contributed by atoms with van der Waals surface area (Å²) in [4.78, 5) is 9.35. The minimum absolute atomic E-state index is 0.0378. The molecule has 0 aromatic heterocycles. The average Bonchev–Trinajstić information content (AvgIpc) is 2.70. The van der Waals surface area contributed by atoms with Crippen molar-refractivity contribution in [1.29, 1.82) is 0 Å². The second-order valence-electron chi connectivity index (χ2n) is 8.39. The van der Waals surface area contributed by atoms with Gasteiger partial charge in [0.1, 0.15) is 0 Å². The SMILES string of the molecule is CCCCCC1CCC(c2ccc(OC[C@@H](C)CP(=O)(O)NO)c(F)c2F)CC1. The molecule has 1 aromatic rings. The molecular weight excluding hydrogens is 399 g/mol. The minimum atomic E-state index is -3.86. The second-order valence-corrected chi connectivity index (χ2v) is 10.4. The molecule has 1 aromatic carbocycles. The first-order valence-corrected chi connectivity index (χ1v) is 12.5. The predicted molar refractivity (Wildman–Crippen MR) is 109 cm³/mol. The normalized spacial score (nSPS) is 22.8. The van der Waals surface area contributed by atoms with Gasteiger partial charge in [-0.25, -0.2) is 4.39 Å². The van der Waals surface area contributed by atoms with E-state index in [1.165, 1.54) is 37.0 Å². The Morgan fingerprint density at radius 2 is 1.90 bits per heavy atom. The monoisotopic (exact) mass is 433 g/mol. The number of benzene rings is 1. The van der Waals surface area contributed by atoms with Gasteiger partial charge in [0.2, 0.25) is 5.82 Å². The lowest BCUT2D eigenvalue weighted by molar-refractivity contribution is 0.215. The molecule has 3 N–H and O–H groups in total. The summed E-state index contributed by atoms with van der Waals surface area (Å²) >= 11 is 0. The maximum absolute atomic E-state index is 14.7. The zero-order chi connectivity index (χ0) is 21.4. The lowest BCUT2D eigenvalue weighted by Crippen LogP contribution is -2.18. The van der Waals surface area contributed by atoms with Gasteiger partial charge in [-0.15, -0.1) is 5.25 Å². The van der Waals surface area contributed by atoms with Crippen LogP contribution in [0, 0.1) is 23.5 Å². The Kier molecular flexibility index (Phi) is 9.54. The smallest absolute Gasteiger partial charge is 0.289 e. The number of halogens is 2. The second kappa shape index (κ2) is 11.4. The molecule has 0 amide bonds. The van der Waals surface area contributed by atoms with E-state index in [0.717, 1.165) is 25.7 Å². The van der Waals surface area contributed by atoms with Gasteiger partial charge >= 0.3 is 0 Å². The van der Waals surface area contributed by atoms with Crippen LogP contribution in [0.25, 0.3) is 0 Å². The van der Waals surface area contributed by atoms with Crippen molar-refractivity contribution in [2.75, 3.05) is 12.8 Å². The number of ether oxygens (including phenoxy) is 1. The van der Waals surface area contributed by atoms with E-state index in [9.17, 15) is 18.2 Å². The number of rotatable bonds is 11. The third-order valence-electron chi connectivity index (χ3n) is 5.82. The summed E-state index contributed by atoms with van der Waals surface area (Å²) in [5.74, 6) is -1.75. The highest BCUT2D eigenvalue weighted by Crippen LogP contribution is 2.40. The van der Waals surface area contributed by atoms with Crippen LogP contribution < -0.4 is 9.99 Å². The van der Waals surface area contributed by atoms with Crippen molar-refractivity contribution in [2.45, 2.75) is 71.1 Å². The van der Waals surface area contributed by atoms with E-state index in [1.807, 2.05) is 0 Å². The van der Waals surface area contributed by atoms with Crippen molar-refractivity contribution in [2.24, 2.45) is 11.8 Å². The molecule has 0 bridgehead atoms. The quantitative estimate of drug-likeness (QED) is 0.227. The van der Waals surface area contributed by atoms with E-state index in [-0.39, 0.29) is 24.4 Å². The van der Waals surface area contributed by atoms with Crippen LogP contribution in [0.1, 0.15) is 76.7 Å². The number of nitrogens with one attached hydrogen (secondary N) is 1. The Bertz CT molecular complexity index is 696. The highest BCUT2D eigenvalue weighted by atomic mass is 31.2. The standard InChI is InChI=1S/C21H34F2NO4P/c1-3-4-5-6-16-7-9-17(10-8-16)18-11-12-19(21(23)20(18)22)28-13-15(2)14-29(26,27)24-25/h11-12,15-17,25H,3-10,13-14H2,1-2H3,(H2,24,26,27)/t15-,16?,17?/m1/s1. The first kappa shape index (κ1) is 24.3. The summed E-state index contributed by atoms with van der Waals surface area (Å²) in [6.45, 7) is 3.76. The van der Waals surface area contributed by atoms with Crippen molar-refractivity contribution in [3.63, 3.8) is 0 Å².